The topological polar surface area (TPSA) is 94.8 Å². The van der Waals surface area contributed by atoms with Crippen LogP contribution in [0.25, 0.3) is 0 Å². The molecule has 152 valence electrons. The fourth-order valence-electron chi connectivity index (χ4n) is 3.23. The summed E-state index contributed by atoms with van der Waals surface area (Å²) in [7, 11) is -5.16. The molecular formula is C19H12Cl4O5S. The molecule has 0 aliphatic rings. The van der Waals surface area contributed by atoms with Crippen LogP contribution in [0.15, 0.2) is 54.6 Å². The van der Waals surface area contributed by atoms with E-state index >= 15 is 0 Å². The molecule has 0 aromatic heterocycles. The van der Waals surface area contributed by atoms with E-state index in [9.17, 15) is 23.2 Å². The third kappa shape index (κ3) is 3.65. The van der Waals surface area contributed by atoms with E-state index in [1.54, 1.807) is 0 Å². The second kappa shape index (κ2) is 7.87. The van der Waals surface area contributed by atoms with Crippen molar-refractivity contribution in [1.29, 1.82) is 0 Å². The Balaban J connectivity index is 2.65. The number of hydrogen-bond donors (Lipinski definition) is 3. The maximum absolute atomic E-state index is 13.0. The second-order valence-electron chi connectivity index (χ2n) is 6.08. The van der Waals surface area contributed by atoms with E-state index in [-0.39, 0.29) is 31.2 Å². The molecule has 0 aliphatic heterocycles. The smallest absolute Gasteiger partial charge is 0.283 e. The first-order chi connectivity index (χ1) is 13.5. The minimum atomic E-state index is -5.16. The molecule has 10 heteroatoms. The van der Waals surface area contributed by atoms with E-state index in [2.05, 4.69) is 0 Å². The molecule has 0 spiro atoms. The maximum Gasteiger partial charge on any atom is 0.283 e. The lowest BCUT2D eigenvalue weighted by molar-refractivity contribution is 0.428. The number of benzene rings is 3. The van der Waals surface area contributed by atoms with Gasteiger partial charge in [0.15, 0.2) is 4.75 Å². The maximum atomic E-state index is 13.0. The quantitative estimate of drug-likeness (QED) is 0.311. The molecule has 0 aliphatic carbocycles. The summed E-state index contributed by atoms with van der Waals surface area (Å²) in [6, 6.07) is 11.6. The number of aromatic hydroxyl groups is 2. The minimum Gasteiger partial charge on any atom is -0.508 e. The molecular weight excluding hydrogens is 482 g/mol. The molecule has 3 aromatic carbocycles. The summed E-state index contributed by atoms with van der Waals surface area (Å²) >= 11 is 24.3. The van der Waals surface area contributed by atoms with Crippen molar-refractivity contribution in [2.75, 3.05) is 0 Å². The molecule has 0 amide bonds. The van der Waals surface area contributed by atoms with Crippen LogP contribution in [0.2, 0.25) is 20.1 Å². The third-order valence-electron chi connectivity index (χ3n) is 4.39. The Hall–Kier alpha value is -1.67. The van der Waals surface area contributed by atoms with Crippen LogP contribution in [-0.4, -0.2) is 23.2 Å². The minimum absolute atomic E-state index is 0.0173. The second-order valence-corrected chi connectivity index (χ2v) is 9.33. The van der Waals surface area contributed by atoms with Crippen molar-refractivity contribution < 1.29 is 23.2 Å². The Bertz CT molecular complexity index is 1180. The molecule has 0 saturated carbocycles. The molecule has 0 heterocycles. The van der Waals surface area contributed by atoms with E-state index in [1.807, 2.05) is 0 Å². The Morgan fingerprint density at radius 1 is 0.793 bits per heavy atom. The van der Waals surface area contributed by atoms with E-state index in [0.29, 0.717) is 0 Å². The third-order valence-corrected chi connectivity index (χ3v) is 6.90. The normalized spacial score (nSPS) is 13.8. The first-order valence-corrected chi connectivity index (χ1v) is 10.8. The van der Waals surface area contributed by atoms with Crippen LogP contribution < -0.4 is 0 Å². The largest absolute Gasteiger partial charge is 0.508 e. The summed E-state index contributed by atoms with van der Waals surface area (Å²) in [6.07, 6.45) is 0. The first kappa shape index (κ1) is 22.0. The Morgan fingerprint density at radius 3 is 1.97 bits per heavy atom. The van der Waals surface area contributed by atoms with Crippen molar-refractivity contribution in [3.63, 3.8) is 0 Å². The predicted molar refractivity (Wildman–Crippen MR) is 114 cm³/mol. The highest BCUT2D eigenvalue weighted by atomic mass is 35.5. The average Bonchev–Trinajstić information content (AvgIpc) is 2.61. The van der Waals surface area contributed by atoms with Gasteiger partial charge in [-0.15, -0.1) is 0 Å². The van der Waals surface area contributed by atoms with Crippen molar-refractivity contribution in [3.05, 3.63) is 91.4 Å². The van der Waals surface area contributed by atoms with Crippen LogP contribution in [0, 0.1) is 0 Å². The molecule has 0 saturated heterocycles. The lowest BCUT2D eigenvalue weighted by Gasteiger charge is -2.34. The van der Waals surface area contributed by atoms with Gasteiger partial charge < -0.3 is 10.2 Å². The number of halogens is 4. The fraction of sp³-hybridized carbons (Fsp3) is 0.0526. The van der Waals surface area contributed by atoms with Gasteiger partial charge in [-0.2, -0.15) is 8.42 Å². The lowest BCUT2D eigenvalue weighted by Crippen LogP contribution is -2.38. The van der Waals surface area contributed by atoms with Gasteiger partial charge in [0.2, 0.25) is 0 Å². The monoisotopic (exact) mass is 492 g/mol. The van der Waals surface area contributed by atoms with E-state index < -0.39 is 31.9 Å². The number of hydrogen-bond acceptors (Lipinski definition) is 4. The van der Waals surface area contributed by atoms with Gasteiger partial charge in [-0.3, -0.25) is 4.55 Å². The van der Waals surface area contributed by atoms with Crippen molar-refractivity contribution in [1.82, 2.24) is 0 Å². The fourth-order valence-corrected chi connectivity index (χ4v) is 5.56. The summed E-state index contributed by atoms with van der Waals surface area (Å²) in [5.74, 6) is -1.21. The zero-order chi connectivity index (χ0) is 21.6. The first-order valence-electron chi connectivity index (χ1n) is 7.89. The van der Waals surface area contributed by atoms with Gasteiger partial charge in [0.05, 0.1) is 5.02 Å². The molecule has 29 heavy (non-hydrogen) atoms. The molecule has 3 aromatic rings. The number of phenolic OH excluding ortho intramolecular Hbond substituents is 2. The SMILES string of the molecule is O=S(=O)(O)C(c1ccc(Cl)cc1)(c1cc(Cl)cc(Cl)c1O)c1c(O)cccc1Cl. The standard InChI is InChI=1S/C19H12Cl4O5S/c20-11-6-4-10(5-7-11)19(29(26,27)28,17-14(22)2-1-3-16(17)24)13-8-12(21)9-15(23)18(13)25/h1-9,24-25H,(H,26,27,28). The Morgan fingerprint density at radius 2 is 1.41 bits per heavy atom. The Kier molecular flexibility index (Phi) is 5.98. The van der Waals surface area contributed by atoms with E-state index in [1.165, 1.54) is 48.5 Å². The number of phenols is 2. The zero-order valence-corrected chi connectivity index (χ0v) is 18.1. The molecule has 1 atom stereocenters. The van der Waals surface area contributed by atoms with Gasteiger partial charge in [-0.05, 0) is 42.0 Å². The molecule has 3 N–H and O–H groups in total. The summed E-state index contributed by atoms with van der Waals surface area (Å²) in [5, 5.41) is 21.0. The predicted octanol–water partition coefficient (Wildman–Crippen LogP) is 5.89. The summed E-state index contributed by atoms with van der Waals surface area (Å²) < 4.78 is 33.9. The highest BCUT2D eigenvalue weighted by Gasteiger charge is 2.53. The van der Waals surface area contributed by atoms with Crippen molar-refractivity contribution in [2.24, 2.45) is 0 Å². The lowest BCUT2D eigenvalue weighted by atomic mass is 9.83. The summed E-state index contributed by atoms with van der Waals surface area (Å²) in [4.78, 5) is 0. The van der Waals surface area contributed by atoms with Gasteiger partial charge in [0.1, 0.15) is 11.5 Å². The van der Waals surface area contributed by atoms with Gasteiger partial charge in [0, 0.05) is 26.2 Å². The van der Waals surface area contributed by atoms with Crippen molar-refractivity contribution in [3.8, 4) is 11.5 Å². The average molecular weight is 494 g/mol. The molecule has 1 unspecified atom stereocenters. The Labute approximate surface area is 186 Å². The van der Waals surface area contributed by atoms with Crippen LogP contribution in [0.1, 0.15) is 16.7 Å². The molecule has 0 fully saturated rings. The van der Waals surface area contributed by atoms with Crippen LogP contribution in [0.5, 0.6) is 11.5 Å². The van der Waals surface area contributed by atoms with Gasteiger partial charge in [-0.1, -0.05) is 64.6 Å². The van der Waals surface area contributed by atoms with Crippen molar-refractivity contribution >= 4 is 56.5 Å². The highest BCUT2D eigenvalue weighted by Crippen LogP contribution is 2.53. The molecule has 3 rings (SSSR count). The molecule has 0 bridgehead atoms. The summed E-state index contributed by atoms with van der Waals surface area (Å²) in [5.41, 5.74) is -0.857. The summed E-state index contributed by atoms with van der Waals surface area (Å²) in [6.45, 7) is 0. The van der Waals surface area contributed by atoms with Gasteiger partial charge in [-0.25, -0.2) is 0 Å². The van der Waals surface area contributed by atoms with Crippen molar-refractivity contribution in [2.45, 2.75) is 4.75 Å². The van der Waals surface area contributed by atoms with Crippen LogP contribution in [-0.2, 0) is 14.9 Å². The number of rotatable bonds is 4. The molecule has 5 nitrogen and oxygen atoms in total. The van der Waals surface area contributed by atoms with E-state index in [0.717, 1.165) is 6.07 Å². The van der Waals surface area contributed by atoms with Gasteiger partial charge in [0.25, 0.3) is 10.1 Å². The van der Waals surface area contributed by atoms with E-state index in [4.69, 9.17) is 46.4 Å². The van der Waals surface area contributed by atoms with Crippen LogP contribution >= 0.6 is 46.4 Å². The molecule has 0 radical (unpaired) electrons. The van der Waals surface area contributed by atoms with Gasteiger partial charge >= 0.3 is 0 Å². The zero-order valence-electron chi connectivity index (χ0n) is 14.3. The van der Waals surface area contributed by atoms with Crippen LogP contribution in [0.3, 0.4) is 0 Å². The van der Waals surface area contributed by atoms with Crippen LogP contribution in [0.4, 0.5) is 0 Å². The highest BCUT2D eigenvalue weighted by molar-refractivity contribution is 7.87.